The first-order valence-electron chi connectivity index (χ1n) is 10.3. The van der Waals surface area contributed by atoms with E-state index in [1.54, 1.807) is 6.07 Å². The Morgan fingerprint density at radius 3 is 2.00 bits per heavy atom. The van der Waals surface area contributed by atoms with Crippen LogP contribution in [0.1, 0.15) is 27.8 Å². The number of carbonyl (C=O) groups excluding carboxylic acids is 1. The van der Waals surface area contributed by atoms with Crippen LogP contribution in [0, 0.1) is 34.6 Å². The number of piperazine rings is 1. The van der Waals surface area contributed by atoms with Crippen LogP contribution >= 0.6 is 0 Å². The smallest absolute Gasteiger partial charge is 0.243 e. The van der Waals surface area contributed by atoms with Crippen molar-refractivity contribution in [2.75, 3.05) is 38.0 Å². The van der Waals surface area contributed by atoms with Crippen molar-refractivity contribution in [3.63, 3.8) is 0 Å². The third-order valence-electron chi connectivity index (χ3n) is 5.59. The minimum Gasteiger partial charge on any atom is -0.324 e. The Morgan fingerprint density at radius 2 is 1.43 bits per heavy atom. The van der Waals surface area contributed by atoms with E-state index in [9.17, 15) is 13.2 Å². The second-order valence-corrected chi connectivity index (χ2v) is 10.2. The molecule has 0 radical (unpaired) electrons. The monoisotopic (exact) mass is 429 g/mol. The van der Waals surface area contributed by atoms with Crippen molar-refractivity contribution in [2.45, 2.75) is 39.5 Å². The highest BCUT2D eigenvalue weighted by Crippen LogP contribution is 2.23. The van der Waals surface area contributed by atoms with Crippen LogP contribution in [-0.4, -0.2) is 56.3 Å². The predicted molar refractivity (Wildman–Crippen MR) is 120 cm³/mol. The van der Waals surface area contributed by atoms with E-state index in [0.717, 1.165) is 27.9 Å². The average Bonchev–Trinajstić information content (AvgIpc) is 2.65. The molecule has 0 spiro atoms. The summed E-state index contributed by atoms with van der Waals surface area (Å²) < 4.78 is 27.6. The van der Waals surface area contributed by atoms with Gasteiger partial charge in [-0.05, 0) is 57.4 Å². The number of amides is 1. The number of aryl methyl sites for hydroxylation is 5. The molecule has 30 heavy (non-hydrogen) atoms. The lowest BCUT2D eigenvalue weighted by Crippen LogP contribution is -2.50. The van der Waals surface area contributed by atoms with Gasteiger partial charge in [-0.3, -0.25) is 9.69 Å². The van der Waals surface area contributed by atoms with E-state index in [1.165, 1.54) is 9.87 Å². The van der Waals surface area contributed by atoms with E-state index in [2.05, 4.69) is 17.4 Å². The molecular weight excluding hydrogens is 398 g/mol. The molecule has 2 aromatic carbocycles. The molecule has 1 heterocycles. The second-order valence-electron chi connectivity index (χ2n) is 8.27. The first kappa shape index (κ1) is 22.5. The van der Waals surface area contributed by atoms with Crippen molar-refractivity contribution >= 4 is 21.6 Å². The molecule has 1 aliphatic heterocycles. The van der Waals surface area contributed by atoms with Crippen molar-refractivity contribution in [2.24, 2.45) is 0 Å². The summed E-state index contributed by atoms with van der Waals surface area (Å²) in [6.07, 6.45) is 0. The van der Waals surface area contributed by atoms with E-state index >= 15 is 0 Å². The minimum absolute atomic E-state index is 0.0734. The first-order valence-corrected chi connectivity index (χ1v) is 11.7. The third-order valence-corrected chi connectivity index (χ3v) is 7.65. The Balaban J connectivity index is 1.60. The standard InChI is InChI=1S/C23H31N3O3S/c1-16-6-7-21(18(3)12-16)30(28,29)26-10-8-25(9-11-26)15-22(27)24-23-19(4)13-17(2)14-20(23)5/h6-7,12-14H,8-11,15H2,1-5H3,(H,24,27). The highest BCUT2D eigenvalue weighted by Gasteiger charge is 2.30. The zero-order chi connectivity index (χ0) is 22.1. The van der Waals surface area contributed by atoms with Gasteiger partial charge < -0.3 is 5.32 Å². The SMILES string of the molecule is Cc1ccc(S(=O)(=O)N2CCN(CC(=O)Nc3c(C)cc(C)cc3C)CC2)c(C)c1. The third kappa shape index (κ3) is 4.91. The van der Waals surface area contributed by atoms with Gasteiger partial charge in [0, 0.05) is 31.9 Å². The van der Waals surface area contributed by atoms with E-state index in [0.29, 0.717) is 31.1 Å². The average molecular weight is 430 g/mol. The maximum Gasteiger partial charge on any atom is 0.243 e. The topological polar surface area (TPSA) is 69.7 Å². The Bertz CT molecular complexity index is 1030. The van der Waals surface area contributed by atoms with E-state index < -0.39 is 10.0 Å². The van der Waals surface area contributed by atoms with E-state index in [1.807, 2.05) is 51.7 Å². The number of nitrogens with zero attached hydrogens (tertiary/aromatic N) is 2. The van der Waals surface area contributed by atoms with Gasteiger partial charge in [0.1, 0.15) is 0 Å². The van der Waals surface area contributed by atoms with Crippen LogP contribution in [0.3, 0.4) is 0 Å². The lowest BCUT2D eigenvalue weighted by atomic mass is 10.1. The first-order chi connectivity index (χ1) is 14.1. The number of anilines is 1. The fourth-order valence-electron chi connectivity index (χ4n) is 4.12. The lowest BCUT2D eigenvalue weighted by Gasteiger charge is -2.33. The molecular formula is C23H31N3O3S. The minimum atomic E-state index is -3.52. The number of nitrogens with one attached hydrogen (secondary N) is 1. The van der Waals surface area contributed by atoms with Gasteiger partial charge in [0.05, 0.1) is 11.4 Å². The summed E-state index contributed by atoms with van der Waals surface area (Å²) in [5.74, 6) is -0.0734. The fraction of sp³-hybridized carbons (Fsp3) is 0.435. The van der Waals surface area contributed by atoms with Gasteiger partial charge in [-0.25, -0.2) is 8.42 Å². The number of hydrogen-bond acceptors (Lipinski definition) is 4. The Morgan fingerprint density at radius 1 is 0.867 bits per heavy atom. The Kier molecular flexibility index (Phi) is 6.65. The summed E-state index contributed by atoms with van der Waals surface area (Å²) in [4.78, 5) is 14.9. The van der Waals surface area contributed by atoms with Crippen molar-refractivity contribution in [3.05, 3.63) is 58.1 Å². The van der Waals surface area contributed by atoms with Gasteiger partial charge in [-0.2, -0.15) is 4.31 Å². The van der Waals surface area contributed by atoms with Gasteiger partial charge in [-0.1, -0.05) is 35.4 Å². The molecule has 1 fully saturated rings. The van der Waals surface area contributed by atoms with Crippen molar-refractivity contribution in [1.82, 2.24) is 9.21 Å². The van der Waals surface area contributed by atoms with Crippen molar-refractivity contribution in [1.29, 1.82) is 0 Å². The molecule has 0 aliphatic carbocycles. The molecule has 3 rings (SSSR count). The number of hydrogen-bond donors (Lipinski definition) is 1. The van der Waals surface area contributed by atoms with Gasteiger partial charge >= 0.3 is 0 Å². The molecule has 1 N–H and O–H groups in total. The Hall–Kier alpha value is -2.22. The highest BCUT2D eigenvalue weighted by molar-refractivity contribution is 7.89. The molecule has 0 unspecified atom stereocenters. The molecule has 1 aliphatic rings. The van der Waals surface area contributed by atoms with Crippen LogP contribution in [0.15, 0.2) is 35.2 Å². The highest BCUT2D eigenvalue weighted by atomic mass is 32.2. The summed E-state index contributed by atoms with van der Waals surface area (Å²) in [6.45, 7) is 11.9. The second kappa shape index (κ2) is 8.88. The molecule has 0 aromatic heterocycles. The normalized spacial score (nSPS) is 15.9. The van der Waals surface area contributed by atoms with Gasteiger partial charge in [0.2, 0.25) is 15.9 Å². The number of benzene rings is 2. The summed E-state index contributed by atoms with van der Waals surface area (Å²) >= 11 is 0. The molecule has 1 amide bonds. The molecule has 0 atom stereocenters. The summed E-state index contributed by atoms with van der Waals surface area (Å²) in [6, 6.07) is 9.52. The molecule has 0 saturated carbocycles. The largest absolute Gasteiger partial charge is 0.324 e. The van der Waals surface area contributed by atoms with E-state index in [4.69, 9.17) is 0 Å². The summed E-state index contributed by atoms with van der Waals surface area (Å²) in [5.41, 5.74) is 5.93. The number of sulfonamides is 1. The van der Waals surface area contributed by atoms with Crippen LogP contribution in [0.4, 0.5) is 5.69 Å². The summed E-state index contributed by atoms with van der Waals surface area (Å²) in [7, 11) is -3.52. The van der Waals surface area contributed by atoms with Crippen LogP contribution in [0.2, 0.25) is 0 Å². The molecule has 6 nitrogen and oxygen atoms in total. The maximum absolute atomic E-state index is 13.0. The van der Waals surface area contributed by atoms with Crippen LogP contribution in [0.5, 0.6) is 0 Å². The molecule has 2 aromatic rings. The van der Waals surface area contributed by atoms with Crippen molar-refractivity contribution < 1.29 is 13.2 Å². The Labute approximate surface area is 179 Å². The maximum atomic E-state index is 13.0. The van der Waals surface area contributed by atoms with Crippen molar-refractivity contribution in [3.8, 4) is 0 Å². The van der Waals surface area contributed by atoms with Gasteiger partial charge in [0.15, 0.2) is 0 Å². The number of rotatable bonds is 5. The predicted octanol–water partition coefficient (Wildman–Crippen LogP) is 3.17. The molecule has 0 bridgehead atoms. The molecule has 7 heteroatoms. The molecule has 162 valence electrons. The lowest BCUT2D eigenvalue weighted by molar-refractivity contribution is -0.117. The summed E-state index contributed by atoms with van der Waals surface area (Å²) in [5, 5.41) is 3.02. The zero-order valence-electron chi connectivity index (χ0n) is 18.4. The molecule has 1 saturated heterocycles. The zero-order valence-corrected chi connectivity index (χ0v) is 19.3. The van der Waals surface area contributed by atoms with Crippen LogP contribution < -0.4 is 5.32 Å². The fourth-order valence-corrected chi connectivity index (χ4v) is 5.74. The van der Waals surface area contributed by atoms with Crippen LogP contribution in [-0.2, 0) is 14.8 Å². The van der Waals surface area contributed by atoms with Gasteiger partial charge in [-0.15, -0.1) is 0 Å². The van der Waals surface area contributed by atoms with Crippen LogP contribution in [0.25, 0.3) is 0 Å². The van der Waals surface area contributed by atoms with Gasteiger partial charge in [0.25, 0.3) is 0 Å². The quantitative estimate of drug-likeness (QED) is 0.793. The number of carbonyl (C=O) groups is 1. The van der Waals surface area contributed by atoms with E-state index in [-0.39, 0.29) is 12.5 Å².